The number of aliphatic hydroxyl groups is 4. The fraction of sp³-hybridized carbons (Fsp3) is 0.0825. The van der Waals surface area contributed by atoms with Gasteiger partial charge in [-0.1, -0.05) is 205 Å². The molecule has 114 heavy (non-hydrogen) atoms. The molecule has 15 aromatic rings. The molecule has 0 saturated carbocycles. The van der Waals surface area contributed by atoms with Gasteiger partial charge in [0.2, 0.25) is 0 Å². The molecule has 4 radical (unpaired) electrons. The number of rotatable bonds is 10. The van der Waals surface area contributed by atoms with Gasteiger partial charge in [-0.2, -0.15) is 5.26 Å². The van der Waals surface area contributed by atoms with Gasteiger partial charge in [-0.25, -0.2) is 0 Å². The van der Waals surface area contributed by atoms with Crippen LogP contribution in [0.1, 0.15) is 61.0 Å². The number of carbonyl (C=O) groups is 4. The van der Waals surface area contributed by atoms with E-state index in [1.54, 1.807) is 6.20 Å². The van der Waals surface area contributed by atoms with Crippen molar-refractivity contribution in [1.29, 1.82) is 5.26 Å². The smallest absolute Gasteiger partial charge is 0.155 e. The van der Waals surface area contributed by atoms with Gasteiger partial charge >= 0.3 is 0 Å². The van der Waals surface area contributed by atoms with Crippen LogP contribution in [-0.2, 0) is 99.6 Å². The summed E-state index contributed by atoms with van der Waals surface area (Å²) in [6, 6.07) is 107. The summed E-state index contributed by atoms with van der Waals surface area (Å²) in [4.78, 5) is 58.2. The second-order valence-electron chi connectivity index (χ2n) is 25.0. The molecule has 13 nitrogen and oxygen atoms in total. The van der Waals surface area contributed by atoms with Gasteiger partial charge in [-0.15, -0.1) is 130 Å². The molecule has 0 spiro atoms. The molecule has 4 aromatic heterocycles. The van der Waals surface area contributed by atoms with Crippen molar-refractivity contribution in [3.8, 4) is 73.4 Å². The molecule has 0 aliphatic carbocycles. The van der Waals surface area contributed by atoms with Crippen molar-refractivity contribution in [3.63, 3.8) is 0 Å². The molecule has 4 N–H and O–H groups in total. The Morgan fingerprint density at radius 1 is 0.289 bits per heavy atom. The van der Waals surface area contributed by atoms with Gasteiger partial charge in [0, 0.05) is 130 Å². The van der Waals surface area contributed by atoms with Crippen molar-refractivity contribution in [2.75, 3.05) is 0 Å². The van der Waals surface area contributed by atoms with E-state index in [0.29, 0.717) is 5.56 Å². The number of benzene rings is 11. The summed E-state index contributed by atoms with van der Waals surface area (Å²) in [6.45, 7) is 11.4. The first-order chi connectivity index (χ1) is 53.1. The average molecular weight is 2210 g/mol. The van der Waals surface area contributed by atoms with Gasteiger partial charge in [0.05, 0.1) is 34.7 Å². The number of hydrogen-bond acceptors (Lipinski definition) is 13. The fourth-order valence-corrected chi connectivity index (χ4v) is 10.9. The Hall–Kier alpha value is -11.8. The molecular formula is C97H81Ir4N5O8-4. The Morgan fingerprint density at radius 3 is 1.00 bits per heavy atom. The van der Waals surface area contributed by atoms with E-state index in [-0.39, 0.29) is 127 Å². The first-order valence-electron chi connectivity index (χ1n) is 35.0. The van der Waals surface area contributed by atoms with Crippen LogP contribution in [0.5, 0.6) is 0 Å². The Kier molecular flexibility index (Phi) is 41.2. The van der Waals surface area contributed by atoms with Crippen LogP contribution in [0.25, 0.3) is 121 Å². The molecule has 4 heterocycles. The van der Waals surface area contributed by atoms with Gasteiger partial charge in [0.25, 0.3) is 0 Å². The summed E-state index contributed by atoms with van der Waals surface area (Å²) in [7, 11) is 0. The molecule has 0 fully saturated rings. The molecule has 0 atom stereocenters. The summed E-state index contributed by atoms with van der Waals surface area (Å²) in [5, 5.41) is 53.9. The Morgan fingerprint density at radius 2 is 0.623 bits per heavy atom. The molecule has 582 valence electrons. The molecule has 15 rings (SSSR count). The number of carbonyl (C=O) groups excluding carboxylic acids is 4. The zero-order chi connectivity index (χ0) is 78.7. The number of ketones is 4. The quantitative estimate of drug-likeness (QED) is 0.0569. The minimum Gasteiger partial charge on any atom is -0.512 e. The minimum atomic E-state index is -0.125. The second kappa shape index (κ2) is 49.6. The summed E-state index contributed by atoms with van der Waals surface area (Å²) >= 11 is 0. The van der Waals surface area contributed by atoms with Crippen LogP contribution in [0, 0.1) is 35.6 Å². The largest absolute Gasteiger partial charge is 0.512 e. The third kappa shape index (κ3) is 31.8. The molecule has 0 amide bonds. The van der Waals surface area contributed by atoms with Crippen molar-refractivity contribution in [2.24, 2.45) is 0 Å². The van der Waals surface area contributed by atoms with E-state index in [9.17, 15) is 19.2 Å². The SMILES string of the molecule is CC(=O)C=C(C)O.CC(=O)C=C(C)O.CC(=O)C=C(C)O.CC(=O)C=C(C)O.N#Cc1ccc2cc(-c3[c-]cccc3)ncc2c1.[Ir].[Ir].[Ir].[Ir].[c-]1cc(-c2ccccc2)ccc1-c1cc2ccccc2cn1.[c-]1cc2ccccc2cc1-c1cc2ccccc2cn1.[c-]1ccc(-c2ccccc2)cc1-c1cc2ccccc2cn1. The van der Waals surface area contributed by atoms with Gasteiger partial charge in [-0.3, -0.25) is 19.2 Å². The molecule has 0 aliphatic heterocycles. The summed E-state index contributed by atoms with van der Waals surface area (Å²) in [6.07, 6.45) is 12.2. The van der Waals surface area contributed by atoms with E-state index in [2.05, 4.69) is 202 Å². The Labute approximate surface area is 719 Å². The minimum absolute atomic E-state index is 0. The molecular weight excluding hydrogens is 2130 g/mol. The standard InChI is InChI=1S/2C21H14N.C19H12N.C16H9N2.4C5H8O2.4Ir/c1-2-7-16(8-3-1)17-11-6-12-19(13-17)21-14-18-9-4-5-10-20(18)15-22-21;1-2-6-16(7-3-1)17-10-12-18(13-11-17)21-14-19-8-4-5-9-20(19)15-22-21;1-2-6-15-11-17(10-9-14(15)5-1)19-12-16-7-3-4-8-18(16)13-20-19;17-10-12-6-7-14-9-16(18-11-15(14)8-12)13-4-2-1-3-5-13;4*1-4(6)3-5(2)7;;;;/h1-11,13-15H;1-12,14-15H;1-9,11-13H;1-4,6-9,11H;4*3,6H,1-2H3;;;;/q4*-1;;;;;;;;. The van der Waals surface area contributed by atoms with Crippen molar-refractivity contribution >= 4 is 77.0 Å². The van der Waals surface area contributed by atoms with Gasteiger partial charge in [-0.05, 0) is 139 Å². The van der Waals surface area contributed by atoms with Crippen LogP contribution in [0.3, 0.4) is 0 Å². The second-order valence-corrected chi connectivity index (χ2v) is 25.0. The third-order valence-electron chi connectivity index (χ3n) is 15.7. The maximum absolute atomic E-state index is 10.0. The number of nitrogens with zero attached hydrogens (tertiary/aromatic N) is 5. The normalized spacial score (nSPS) is 10.5. The molecule has 0 unspecified atom stereocenters. The predicted molar refractivity (Wildman–Crippen MR) is 445 cm³/mol. The van der Waals surface area contributed by atoms with Gasteiger partial charge in [0.1, 0.15) is 0 Å². The van der Waals surface area contributed by atoms with Crippen molar-refractivity contribution in [1.82, 2.24) is 19.9 Å². The van der Waals surface area contributed by atoms with E-state index in [1.165, 1.54) is 129 Å². The van der Waals surface area contributed by atoms with E-state index >= 15 is 0 Å². The fourth-order valence-electron chi connectivity index (χ4n) is 10.9. The molecule has 0 bridgehead atoms. The maximum atomic E-state index is 10.0. The number of allylic oxidation sites excluding steroid dienone is 8. The van der Waals surface area contributed by atoms with Crippen LogP contribution in [-0.4, -0.2) is 63.5 Å². The molecule has 0 aliphatic rings. The molecule has 17 heteroatoms. The topological polar surface area (TPSA) is 225 Å². The summed E-state index contributed by atoms with van der Waals surface area (Å²) in [5.74, 6) is -0.250. The van der Waals surface area contributed by atoms with Gasteiger partial charge in [0.15, 0.2) is 23.1 Å². The molecule has 0 saturated heterocycles. The Bertz CT molecular complexity index is 5610. The maximum Gasteiger partial charge on any atom is 0.155 e. The zero-order valence-electron chi connectivity index (χ0n) is 63.6. The van der Waals surface area contributed by atoms with Crippen molar-refractivity contribution in [2.45, 2.75) is 55.4 Å². The summed E-state index contributed by atoms with van der Waals surface area (Å²) < 4.78 is 0. The van der Waals surface area contributed by atoms with Crippen LogP contribution in [0.15, 0.2) is 345 Å². The Balaban J connectivity index is 0.000000286. The average Bonchev–Trinajstić information content (AvgIpc) is 0.826. The van der Waals surface area contributed by atoms with E-state index in [1.807, 2.05) is 140 Å². The van der Waals surface area contributed by atoms with Crippen LogP contribution < -0.4 is 0 Å². The monoisotopic (exact) mass is 2220 g/mol. The van der Waals surface area contributed by atoms with Crippen LogP contribution in [0.4, 0.5) is 0 Å². The predicted octanol–water partition coefficient (Wildman–Crippen LogP) is 23.3. The number of aromatic nitrogens is 4. The number of pyridine rings is 4. The van der Waals surface area contributed by atoms with Crippen molar-refractivity contribution < 1.29 is 120 Å². The van der Waals surface area contributed by atoms with E-state index in [0.717, 1.165) is 72.0 Å². The number of aliphatic hydroxyl groups excluding tert-OH is 4. The zero-order valence-corrected chi connectivity index (χ0v) is 73.2. The number of fused-ring (bicyclic) bond motifs is 5. The first-order valence-corrected chi connectivity index (χ1v) is 35.0. The first kappa shape index (κ1) is 94.6. The van der Waals surface area contributed by atoms with Crippen molar-refractivity contribution in [3.05, 3.63) is 375 Å². The van der Waals surface area contributed by atoms with E-state index in [4.69, 9.17) is 25.7 Å². The third-order valence-corrected chi connectivity index (χ3v) is 15.7. The number of nitriles is 1. The van der Waals surface area contributed by atoms with Crippen LogP contribution in [0.2, 0.25) is 0 Å². The van der Waals surface area contributed by atoms with E-state index < -0.39 is 0 Å². The molecule has 11 aromatic carbocycles. The van der Waals surface area contributed by atoms with Gasteiger partial charge < -0.3 is 40.4 Å². The summed E-state index contributed by atoms with van der Waals surface area (Å²) in [5.41, 5.74) is 13.3. The van der Waals surface area contributed by atoms with Crippen LogP contribution >= 0.6 is 0 Å². The number of hydrogen-bond donors (Lipinski definition) is 4.